The molecule has 2 aliphatic rings. The van der Waals surface area contributed by atoms with Gasteiger partial charge >= 0.3 is 0 Å². The summed E-state index contributed by atoms with van der Waals surface area (Å²) in [7, 11) is 0. The first kappa shape index (κ1) is 18.8. The number of ether oxygens (including phenoxy) is 1. The fourth-order valence-electron chi connectivity index (χ4n) is 3.57. The van der Waals surface area contributed by atoms with E-state index in [4.69, 9.17) is 4.74 Å². The zero-order chi connectivity index (χ0) is 19.7. The SMILES string of the molecule is C[C@@H](CO)Nc1cc(N2CC3CC2CO3)cc(Nc2ccc(C(F)F)cn2)n1. The molecular weight excluding hydrogens is 368 g/mol. The van der Waals surface area contributed by atoms with Gasteiger partial charge in [-0.1, -0.05) is 0 Å². The van der Waals surface area contributed by atoms with Crippen molar-refractivity contribution >= 4 is 23.1 Å². The first-order chi connectivity index (χ1) is 13.5. The maximum Gasteiger partial charge on any atom is 0.265 e. The average Bonchev–Trinajstić information content (AvgIpc) is 3.31. The minimum Gasteiger partial charge on any atom is -0.394 e. The monoisotopic (exact) mass is 391 g/mol. The highest BCUT2D eigenvalue weighted by Gasteiger charge is 2.39. The van der Waals surface area contributed by atoms with E-state index in [0.717, 1.165) is 24.8 Å². The van der Waals surface area contributed by atoms with Gasteiger partial charge in [-0.15, -0.1) is 0 Å². The van der Waals surface area contributed by atoms with E-state index in [1.807, 2.05) is 19.1 Å². The van der Waals surface area contributed by atoms with Crippen molar-refractivity contribution in [3.63, 3.8) is 0 Å². The normalized spacial score (nSPS) is 22.0. The second-order valence-corrected chi connectivity index (χ2v) is 7.22. The molecule has 3 atom stereocenters. The Bertz CT molecular complexity index is 820. The van der Waals surface area contributed by atoms with Crippen LogP contribution in [0.2, 0.25) is 0 Å². The van der Waals surface area contributed by atoms with Gasteiger partial charge in [-0.05, 0) is 25.5 Å². The van der Waals surface area contributed by atoms with E-state index in [2.05, 4.69) is 25.5 Å². The summed E-state index contributed by atoms with van der Waals surface area (Å²) in [6, 6.07) is 6.89. The van der Waals surface area contributed by atoms with Crippen LogP contribution in [-0.2, 0) is 4.74 Å². The molecular formula is C19H23F2N5O2. The Balaban J connectivity index is 1.59. The van der Waals surface area contributed by atoms with Gasteiger partial charge in [0.1, 0.15) is 17.5 Å². The second kappa shape index (κ2) is 7.84. The summed E-state index contributed by atoms with van der Waals surface area (Å²) in [6.45, 7) is 3.37. The van der Waals surface area contributed by atoms with Crippen molar-refractivity contribution in [3.8, 4) is 0 Å². The van der Waals surface area contributed by atoms with E-state index in [9.17, 15) is 13.9 Å². The summed E-state index contributed by atoms with van der Waals surface area (Å²) < 4.78 is 31.1. The van der Waals surface area contributed by atoms with E-state index in [1.165, 1.54) is 12.1 Å². The predicted octanol–water partition coefficient (Wildman–Crippen LogP) is 2.93. The number of rotatable bonds is 7. The third-order valence-corrected chi connectivity index (χ3v) is 5.00. The number of aliphatic hydroxyl groups is 1. The van der Waals surface area contributed by atoms with Crippen molar-refractivity contribution in [2.24, 2.45) is 0 Å². The number of hydrogen-bond donors (Lipinski definition) is 3. The Labute approximate surface area is 161 Å². The Kier molecular flexibility index (Phi) is 5.27. The number of aromatic nitrogens is 2. The molecule has 2 aromatic rings. The lowest BCUT2D eigenvalue weighted by Gasteiger charge is -2.29. The lowest BCUT2D eigenvalue weighted by atomic mass is 10.2. The van der Waals surface area contributed by atoms with Crippen LogP contribution in [-0.4, -0.2) is 53.0 Å². The molecule has 28 heavy (non-hydrogen) atoms. The van der Waals surface area contributed by atoms with Crippen LogP contribution < -0.4 is 15.5 Å². The molecule has 2 aromatic heterocycles. The average molecular weight is 391 g/mol. The van der Waals surface area contributed by atoms with Crippen molar-refractivity contribution in [1.29, 1.82) is 0 Å². The van der Waals surface area contributed by atoms with Crippen molar-refractivity contribution in [2.75, 3.05) is 35.3 Å². The van der Waals surface area contributed by atoms with Crippen LogP contribution in [0.3, 0.4) is 0 Å². The Morgan fingerprint density at radius 2 is 2.11 bits per heavy atom. The van der Waals surface area contributed by atoms with Gasteiger partial charge in [0.2, 0.25) is 0 Å². The van der Waals surface area contributed by atoms with E-state index in [-0.39, 0.29) is 24.3 Å². The number of morpholine rings is 1. The Morgan fingerprint density at radius 1 is 1.29 bits per heavy atom. The first-order valence-electron chi connectivity index (χ1n) is 9.30. The molecule has 0 aromatic carbocycles. The topological polar surface area (TPSA) is 82.5 Å². The number of aliphatic hydroxyl groups excluding tert-OH is 1. The van der Waals surface area contributed by atoms with Gasteiger partial charge in [-0.25, -0.2) is 18.7 Å². The maximum atomic E-state index is 12.7. The van der Waals surface area contributed by atoms with Gasteiger partial charge in [0.05, 0.1) is 25.4 Å². The van der Waals surface area contributed by atoms with Gasteiger partial charge in [0.15, 0.2) is 0 Å². The van der Waals surface area contributed by atoms with Crippen LogP contribution in [0.15, 0.2) is 30.5 Å². The molecule has 2 fully saturated rings. The van der Waals surface area contributed by atoms with E-state index in [1.54, 1.807) is 0 Å². The van der Waals surface area contributed by atoms with Crippen LogP contribution in [0.5, 0.6) is 0 Å². The second-order valence-electron chi connectivity index (χ2n) is 7.22. The lowest BCUT2D eigenvalue weighted by Crippen LogP contribution is -2.37. The van der Waals surface area contributed by atoms with E-state index >= 15 is 0 Å². The zero-order valence-electron chi connectivity index (χ0n) is 15.5. The summed E-state index contributed by atoms with van der Waals surface area (Å²) in [5.74, 6) is 1.60. The Hall–Kier alpha value is -2.52. The van der Waals surface area contributed by atoms with Gasteiger partial charge in [0, 0.05) is 42.2 Å². The van der Waals surface area contributed by atoms with Crippen molar-refractivity contribution in [1.82, 2.24) is 9.97 Å². The van der Waals surface area contributed by atoms with Crippen molar-refractivity contribution in [2.45, 2.75) is 38.0 Å². The van der Waals surface area contributed by atoms with Crippen molar-refractivity contribution in [3.05, 3.63) is 36.0 Å². The number of pyridine rings is 2. The minimum atomic E-state index is -2.55. The summed E-state index contributed by atoms with van der Waals surface area (Å²) in [4.78, 5) is 10.9. The molecule has 4 rings (SSSR count). The number of halogens is 2. The zero-order valence-corrected chi connectivity index (χ0v) is 15.5. The molecule has 0 radical (unpaired) electrons. The molecule has 4 heterocycles. The summed E-state index contributed by atoms with van der Waals surface area (Å²) >= 11 is 0. The van der Waals surface area contributed by atoms with Crippen LogP contribution >= 0.6 is 0 Å². The van der Waals surface area contributed by atoms with Crippen LogP contribution in [0.25, 0.3) is 0 Å². The molecule has 0 aliphatic carbocycles. The van der Waals surface area contributed by atoms with E-state index < -0.39 is 6.43 Å². The molecule has 2 aliphatic heterocycles. The van der Waals surface area contributed by atoms with Crippen molar-refractivity contribution < 1.29 is 18.6 Å². The summed E-state index contributed by atoms with van der Waals surface area (Å²) in [5, 5.41) is 15.6. The molecule has 9 heteroatoms. The smallest absolute Gasteiger partial charge is 0.265 e. The molecule has 2 saturated heterocycles. The number of hydrogen-bond acceptors (Lipinski definition) is 7. The fraction of sp³-hybridized carbons (Fsp3) is 0.474. The van der Waals surface area contributed by atoms with Crippen LogP contribution in [0.1, 0.15) is 25.3 Å². The fourth-order valence-corrected chi connectivity index (χ4v) is 3.57. The third kappa shape index (κ3) is 4.00. The quantitative estimate of drug-likeness (QED) is 0.669. The lowest BCUT2D eigenvalue weighted by molar-refractivity contribution is 0.0991. The summed E-state index contributed by atoms with van der Waals surface area (Å²) in [6.07, 6.45) is -0.129. The molecule has 0 saturated carbocycles. The van der Waals surface area contributed by atoms with Gasteiger partial charge in [-0.2, -0.15) is 0 Å². The Morgan fingerprint density at radius 3 is 2.71 bits per heavy atom. The minimum absolute atomic E-state index is 0.0203. The van der Waals surface area contributed by atoms with Gasteiger partial charge in [-0.3, -0.25) is 0 Å². The van der Waals surface area contributed by atoms with Crippen LogP contribution in [0.4, 0.5) is 31.9 Å². The number of anilines is 4. The summed E-state index contributed by atoms with van der Waals surface area (Å²) in [5.41, 5.74) is 0.865. The largest absolute Gasteiger partial charge is 0.394 e. The number of alkyl halides is 2. The molecule has 0 spiro atoms. The molecule has 0 amide bonds. The molecule has 3 N–H and O–H groups in total. The number of fused-ring (bicyclic) bond motifs is 2. The van der Waals surface area contributed by atoms with Gasteiger partial charge < -0.3 is 25.4 Å². The highest BCUT2D eigenvalue weighted by atomic mass is 19.3. The van der Waals surface area contributed by atoms with Crippen LogP contribution in [0, 0.1) is 0 Å². The molecule has 7 nitrogen and oxygen atoms in total. The van der Waals surface area contributed by atoms with E-state index in [0.29, 0.717) is 30.1 Å². The standard InChI is InChI=1S/C19H23F2N5O2/c1-11(9-27)23-17-5-13(26-8-15-4-14(26)10-28-15)6-18(25-17)24-16-3-2-12(7-22-16)19(20)21/h2-3,5-7,11,14-15,19,27H,4,8-10H2,1H3,(H2,22,23,24,25)/t11-,14?,15?/m0/s1. The number of nitrogens with one attached hydrogen (secondary N) is 2. The maximum absolute atomic E-state index is 12.7. The number of nitrogens with zero attached hydrogens (tertiary/aromatic N) is 3. The highest BCUT2D eigenvalue weighted by molar-refractivity contribution is 5.66. The molecule has 2 bridgehead atoms. The third-order valence-electron chi connectivity index (χ3n) is 5.00. The first-order valence-corrected chi connectivity index (χ1v) is 9.30. The highest BCUT2D eigenvalue weighted by Crippen LogP contribution is 2.35. The molecule has 2 unspecified atom stereocenters. The van der Waals surface area contributed by atoms with Gasteiger partial charge in [0.25, 0.3) is 6.43 Å². The molecule has 150 valence electrons. The predicted molar refractivity (Wildman–Crippen MR) is 102 cm³/mol.